The molecule has 2 aromatic carbocycles. The van der Waals surface area contributed by atoms with Crippen LogP contribution >= 0.6 is 34.2 Å². The van der Waals surface area contributed by atoms with Crippen LogP contribution in [0.15, 0.2) is 35.3 Å². The molecule has 0 atom stereocenters. The zero-order valence-electron chi connectivity index (χ0n) is 13.6. The molecule has 0 spiro atoms. The molecule has 1 aliphatic heterocycles. The number of anilines is 1. The zero-order chi connectivity index (χ0) is 17.1. The molecule has 1 N–H and O–H groups in total. The number of aryl methyl sites for hydroxylation is 1. The van der Waals surface area contributed by atoms with Crippen molar-refractivity contribution in [3.8, 4) is 5.75 Å². The van der Waals surface area contributed by atoms with E-state index in [9.17, 15) is 5.11 Å². The molecule has 1 saturated heterocycles. The molecule has 0 unspecified atom stereocenters. The van der Waals surface area contributed by atoms with Crippen LogP contribution in [-0.2, 0) is 0 Å². The Morgan fingerprint density at radius 3 is 2.62 bits per heavy atom. The Labute approximate surface area is 161 Å². The van der Waals surface area contributed by atoms with Crippen molar-refractivity contribution in [1.82, 2.24) is 0 Å². The van der Waals surface area contributed by atoms with Crippen molar-refractivity contribution in [2.75, 3.05) is 18.0 Å². The van der Waals surface area contributed by atoms with Crippen LogP contribution in [0.3, 0.4) is 0 Å². The predicted molar refractivity (Wildman–Crippen MR) is 110 cm³/mol. The predicted octanol–water partition coefficient (Wildman–Crippen LogP) is 5.70. The van der Waals surface area contributed by atoms with E-state index in [2.05, 4.69) is 32.5 Å². The van der Waals surface area contributed by atoms with Gasteiger partial charge in [-0.25, -0.2) is 0 Å². The molecular formula is C19H20ClIN2O. The van der Waals surface area contributed by atoms with Gasteiger partial charge in [-0.2, -0.15) is 0 Å². The van der Waals surface area contributed by atoms with Crippen molar-refractivity contribution >= 4 is 51.8 Å². The maximum Gasteiger partial charge on any atom is 0.127 e. The van der Waals surface area contributed by atoms with E-state index >= 15 is 0 Å². The number of hydrogen-bond acceptors (Lipinski definition) is 3. The van der Waals surface area contributed by atoms with Crippen LogP contribution in [0.1, 0.15) is 30.4 Å². The number of benzene rings is 2. The number of aliphatic imine (C=N–C) groups is 1. The third-order valence-electron chi connectivity index (χ3n) is 4.28. The van der Waals surface area contributed by atoms with Crippen molar-refractivity contribution in [2.45, 2.75) is 26.2 Å². The van der Waals surface area contributed by atoms with Crippen LogP contribution in [0.5, 0.6) is 5.75 Å². The lowest BCUT2D eigenvalue weighted by Gasteiger charge is -2.29. The minimum absolute atomic E-state index is 0.273. The van der Waals surface area contributed by atoms with E-state index < -0.39 is 0 Å². The summed E-state index contributed by atoms with van der Waals surface area (Å²) in [6, 6.07) is 9.76. The summed E-state index contributed by atoms with van der Waals surface area (Å²) in [6.07, 6.45) is 5.44. The summed E-state index contributed by atoms with van der Waals surface area (Å²) in [4.78, 5) is 6.82. The van der Waals surface area contributed by atoms with Gasteiger partial charge >= 0.3 is 0 Å². The lowest BCUT2D eigenvalue weighted by molar-refractivity contribution is 0.470. The maximum absolute atomic E-state index is 10.1. The van der Waals surface area contributed by atoms with E-state index in [-0.39, 0.29) is 5.75 Å². The summed E-state index contributed by atoms with van der Waals surface area (Å²) >= 11 is 8.70. The molecular weight excluding hydrogens is 435 g/mol. The number of rotatable bonds is 3. The summed E-state index contributed by atoms with van der Waals surface area (Å²) in [5.41, 5.74) is 3.44. The Morgan fingerprint density at radius 2 is 1.92 bits per heavy atom. The average molecular weight is 455 g/mol. The third kappa shape index (κ3) is 4.03. The highest BCUT2D eigenvalue weighted by Gasteiger charge is 2.14. The summed E-state index contributed by atoms with van der Waals surface area (Å²) < 4.78 is 1.07. The number of hydrogen-bond donors (Lipinski definition) is 1. The lowest BCUT2D eigenvalue weighted by Crippen LogP contribution is -2.29. The minimum Gasteiger partial charge on any atom is -0.507 e. The Bertz CT molecular complexity index is 770. The standard InChI is InChI=1S/C19H20ClIN2O/c1-13-9-15(21)10-14(19(13)24)12-22-16-5-6-18(17(20)11-16)23-7-3-2-4-8-23/h5-6,9-12,24H,2-4,7-8H2,1H3. The van der Waals surface area contributed by atoms with Gasteiger partial charge in [0.25, 0.3) is 0 Å². The van der Waals surface area contributed by atoms with Gasteiger partial charge < -0.3 is 10.0 Å². The highest BCUT2D eigenvalue weighted by atomic mass is 127. The van der Waals surface area contributed by atoms with Crippen LogP contribution in [0.25, 0.3) is 0 Å². The monoisotopic (exact) mass is 454 g/mol. The maximum atomic E-state index is 10.1. The molecule has 5 heteroatoms. The fourth-order valence-corrected chi connectivity index (χ4v) is 4.07. The lowest BCUT2D eigenvalue weighted by atomic mass is 10.1. The van der Waals surface area contributed by atoms with Gasteiger partial charge in [-0.05, 0) is 84.7 Å². The van der Waals surface area contributed by atoms with Gasteiger partial charge in [-0.3, -0.25) is 4.99 Å². The molecule has 126 valence electrons. The topological polar surface area (TPSA) is 35.8 Å². The molecule has 1 fully saturated rings. The molecule has 0 aromatic heterocycles. The smallest absolute Gasteiger partial charge is 0.127 e. The first-order chi connectivity index (χ1) is 11.5. The van der Waals surface area contributed by atoms with Crippen molar-refractivity contribution in [3.05, 3.63) is 50.1 Å². The van der Waals surface area contributed by atoms with Crippen LogP contribution in [0.4, 0.5) is 11.4 Å². The van der Waals surface area contributed by atoms with Crippen LogP contribution in [0.2, 0.25) is 5.02 Å². The fourth-order valence-electron chi connectivity index (χ4n) is 2.97. The second-order valence-corrected chi connectivity index (χ2v) is 7.75. The van der Waals surface area contributed by atoms with Gasteiger partial charge in [-0.1, -0.05) is 11.6 Å². The number of phenolic OH excluding ortho intramolecular Hbond substituents is 1. The molecule has 0 saturated carbocycles. The Balaban J connectivity index is 1.82. The van der Waals surface area contributed by atoms with Gasteiger partial charge in [0.1, 0.15) is 5.75 Å². The molecule has 24 heavy (non-hydrogen) atoms. The second kappa shape index (κ2) is 7.74. The van der Waals surface area contributed by atoms with Crippen molar-refractivity contribution in [2.24, 2.45) is 4.99 Å². The normalized spacial score (nSPS) is 15.2. The highest BCUT2D eigenvalue weighted by Crippen LogP contribution is 2.32. The van der Waals surface area contributed by atoms with Crippen LogP contribution in [-0.4, -0.2) is 24.4 Å². The van der Waals surface area contributed by atoms with Gasteiger partial charge in [-0.15, -0.1) is 0 Å². The van der Waals surface area contributed by atoms with Crippen molar-refractivity contribution in [1.29, 1.82) is 0 Å². The van der Waals surface area contributed by atoms with E-state index in [0.717, 1.165) is 44.2 Å². The number of aromatic hydroxyl groups is 1. The SMILES string of the molecule is Cc1cc(I)cc(C=Nc2ccc(N3CCCCC3)c(Cl)c2)c1O. The average Bonchev–Trinajstić information content (AvgIpc) is 2.57. The van der Waals surface area contributed by atoms with Gasteiger partial charge in [0, 0.05) is 28.4 Å². The zero-order valence-corrected chi connectivity index (χ0v) is 16.5. The number of piperidine rings is 1. The van der Waals surface area contributed by atoms with Gasteiger partial charge in [0.2, 0.25) is 0 Å². The van der Waals surface area contributed by atoms with E-state index in [1.165, 1.54) is 19.3 Å². The van der Waals surface area contributed by atoms with Crippen molar-refractivity contribution < 1.29 is 5.11 Å². The van der Waals surface area contributed by atoms with E-state index in [1.54, 1.807) is 6.21 Å². The van der Waals surface area contributed by atoms with E-state index in [1.807, 2.05) is 37.3 Å². The molecule has 3 rings (SSSR count). The molecule has 0 aliphatic carbocycles. The van der Waals surface area contributed by atoms with Crippen molar-refractivity contribution in [3.63, 3.8) is 0 Å². The summed E-state index contributed by atoms with van der Waals surface area (Å²) in [5.74, 6) is 0.273. The molecule has 1 aliphatic rings. The first-order valence-electron chi connectivity index (χ1n) is 8.12. The molecule has 1 heterocycles. The Hall–Kier alpha value is -1.27. The van der Waals surface area contributed by atoms with Gasteiger partial charge in [0.05, 0.1) is 16.4 Å². The Morgan fingerprint density at radius 1 is 1.17 bits per heavy atom. The molecule has 3 nitrogen and oxygen atoms in total. The van der Waals surface area contributed by atoms with E-state index in [4.69, 9.17) is 11.6 Å². The summed E-state index contributed by atoms with van der Waals surface area (Å²) in [6.45, 7) is 4.02. The first kappa shape index (κ1) is 17.5. The quantitative estimate of drug-likeness (QED) is 0.477. The molecule has 0 amide bonds. The molecule has 2 aromatic rings. The second-order valence-electron chi connectivity index (χ2n) is 6.10. The summed E-state index contributed by atoms with van der Waals surface area (Å²) in [7, 11) is 0. The van der Waals surface area contributed by atoms with E-state index in [0.29, 0.717) is 0 Å². The fraction of sp³-hybridized carbons (Fsp3) is 0.316. The van der Waals surface area contributed by atoms with Crippen LogP contribution in [0, 0.1) is 10.5 Å². The first-order valence-corrected chi connectivity index (χ1v) is 9.58. The largest absolute Gasteiger partial charge is 0.507 e. The molecule has 0 bridgehead atoms. The highest BCUT2D eigenvalue weighted by molar-refractivity contribution is 14.1. The summed E-state index contributed by atoms with van der Waals surface area (Å²) in [5, 5.41) is 10.9. The number of phenols is 1. The third-order valence-corrected chi connectivity index (χ3v) is 5.20. The number of halogens is 2. The van der Waals surface area contributed by atoms with Crippen LogP contribution < -0.4 is 4.90 Å². The minimum atomic E-state index is 0.273. The molecule has 0 radical (unpaired) electrons. The number of nitrogens with zero attached hydrogens (tertiary/aromatic N) is 2. The Kier molecular flexibility index (Phi) is 5.66. The van der Waals surface area contributed by atoms with Gasteiger partial charge in [0.15, 0.2) is 0 Å².